The highest BCUT2D eigenvalue weighted by Gasteiger charge is 2.41. The SMILES string of the molecule is CC[C@H](Cn1c(=O)oc2cccnc21)NC(=O)C1(c2ccc(OC)cc2)CCCCC1. The van der Waals surface area contributed by atoms with Crippen LogP contribution in [0.3, 0.4) is 0 Å². The van der Waals surface area contributed by atoms with E-state index in [1.54, 1.807) is 25.4 Å². The summed E-state index contributed by atoms with van der Waals surface area (Å²) in [6.07, 6.45) is 7.14. The molecule has 2 aromatic heterocycles. The van der Waals surface area contributed by atoms with E-state index in [0.29, 0.717) is 24.2 Å². The van der Waals surface area contributed by atoms with Crippen LogP contribution in [-0.4, -0.2) is 28.6 Å². The number of methoxy groups -OCH3 is 1. The van der Waals surface area contributed by atoms with Gasteiger partial charge in [-0.1, -0.05) is 38.3 Å². The summed E-state index contributed by atoms with van der Waals surface area (Å²) in [5.74, 6) is 0.349. The molecule has 0 unspecified atom stereocenters. The lowest BCUT2D eigenvalue weighted by atomic mass is 9.68. The number of oxazole rings is 1. The van der Waals surface area contributed by atoms with Crippen LogP contribution in [0.25, 0.3) is 11.2 Å². The minimum absolute atomic E-state index is 0.0259. The molecule has 1 amide bonds. The maximum Gasteiger partial charge on any atom is 0.421 e. The summed E-state index contributed by atoms with van der Waals surface area (Å²) in [6, 6.07) is 11.1. The third kappa shape index (κ3) is 4.09. The molecule has 7 nitrogen and oxygen atoms in total. The van der Waals surface area contributed by atoms with Gasteiger partial charge in [-0.2, -0.15) is 0 Å². The van der Waals surface area contributed by atoms with Gasteiger partial charge in [0.2, 0.25) is 5.91 Å². The summed E-state index contributed by atoms with van der Waals surface area (Å²) >= 11 is 0. The van der Waals surface area contributed by atoms with Crippen molar-refractivity contribution in [1.29, 1.82) is 0 Å². The molecule has 7 heteroatoms. The minimum Gasteiger partial charge on any atom is -0.497 e. The van der Waals surface area contributed by atoms with Crippen LogP contribution in [0.4, 0.5) is 0 Å². The first-order valence-corrected chi connectivity index (χ1v) is 11.0. The molecule has 164 valence electrons. The van der Waals surface area contributed by atoms with Crippen molar-refractivity contribution in [2.75, 3.05) is 7.11 Å². The van der Waals surface area contributed by atoms with Crippen molar-refractivity contribution in [2.45, 2.75) is 63.5 Å². The van der Waals surface area contributed by atoms with Crippen LogP contribution < -0.4 is 15.8 Å². The number of benzene rings is 1. The number of nitrogens with one attached hydrogen (secondary N) is 1. The van der Waals surface area contributed by atoms with Crippen molar-refractivity contribution >= 4 is 17.1 Å². The van der Waals surface area contributed by atoms with Crippen LogP contribution in [0.15, 0.2) is 51.8 Å². The summed E-state index contributed by atoms with van der Waals surface area (Å²) in [7, 11) is 1.64. The van der Waals surface area contributed by atoms with E-state index in [1.165, 1.54) is 4.57 Å². The van der Waals surface area contributed by atoms with Gasteiger partial charge in [0.05, 0.1) is 19.1 Å². The van der Waals surface area contributed by atoms with E-state index in [1.807, 2.05) is 31.2 Å². The van der Waals surface area contributed by atoms with Gasteiger partial charge >= 0.3 is 5.76 Å². The number of ether oxygens (including phenoxy) is 1. The van der Waals surface area contributed by atoms with E-state index in [9.17, 15) is 9.59 Å². The van der Waals surface area contributed by atoms with Gasteiger partial charge in [0.15, 0.2) is 11.2 Å². The van der Waals surface area contributed by atoms with Crippen molar-refractivity contribution in [3.8, 4) is 5.75 Å². The molecule has 2 heterocycles. The van der Waals surface area contributed by atoms with Gasteiger partial charge in [0, 0.05) is 12.2 Å². The topological polar surface area (TPSA) is 86.4 Å². The number of fused-ring (bicyclic) bond motifs is 1. The van der Waals surface area contributed by atoms with Crippen LogP contribution in [0, 0.1) is 0 Å². The fourth-order valence-corrected chi connectivity index (χ4v) is 4.59. The van der Waals surface area contributed by atoms with Crippen molar-refractivity contribution in [3.63, 3.8) is 0 Å². The number of carbonyl (C=O) groups is 1. The fourth-order valence-electron chi connectivity index (χ4n) is 4.59. The Kier molecular flexibility index (Phi) is 6.11. The van der Waals surface area contributed by atoms with Gasteiger partial charge in [-0.15, -0.1) is 0 Å². The Hall–Kier alpha value is -3.09. The number of hydrogen-bond donors (Lipinski definition) is 1. The zero-order valence-electron chi connectivity index (χ0n) is 18.1. The average molecular weight is 424 g/mol. The van der Waals surface area contributed by atoms with Crippen LogP contribution in [-0.2, 0) is 16.8 Å². The highest BCUT2D eigenvalue weighted by Crippen LogP contribution is 2.40. The molecule has 1 fully saturated rings. The van der Waals surface area contributed by atoms with E-state index < -0.39 is 11.2 Å². The number of nitrogens with zero attached hydrogens (tertiary/aromatic N) is 2. The van der Waals surface area contributed by atoms with Crippen LogP contribution >= 0.6 is 0 Å². The summed E-state index contributed by atoms with van der Waals surface area (Å²) in [6.45, 7) is 2.33. The molecule has 0 radical (unpaired) electrons. The normalized spacial score (nSPS) is 16.7. The second kappa shape index (κ2) is 8.96. The quantitative estimate of drug-likeness (QED) is 0.625. The van der Waals surface area contributed by atoms with E-state index in [-0.39, 0.29) is 11.9 Å². The lowest BCUT2D eigenvalue weighted by molar-refractivity contribution is -0.129. The summed E-state index contributed by atoms with van der Waals surface area (Å²) < 4.78 is 12.1. The standard InChI is InChI=1S/C24H29N3O4/c1-3-18(16-27-21-20(31-23(27)29)8-7-15-25-21)26-22(28)24(13-5-4-6-14-24)17-9-11-19(30-2)12-10-17/h7-12,15,18H,3-6,13-14,16H2,1-2H3,(H,26,28)/t18-/m1/s1. The van der Waals surface area contributed by atoms with Crippen LogP contribution in [0.5, 0.6) is 5.75 Å². The molecule has 1 aromatic carbocycles. The predicted molar refractivity (Wildman–Crippen MR) is 118 cm³/mol. The third-order valence-corrected chi connectivity index (χ3v) is 6.44. The number of amides is 1. The fraction of sp³-hybridized carbons (Fsp3) is 0.458. The van der Waals surface area contributed by atoms with Gasteiger partial charge in [-0.3, -0.25) is 9.36 Å². The molecule has 1 aliphatic rings. The van der Waals surface area contributed by atoms with E-state index >= 15 is 0 Å². The van der Waals surface area contributed by atoms with Crippen molar-refractivity contribution in [3.05, 3.63) is 58.7 Å². The lowest BCUT2D eigenvalue weighted by Gasteiger charge is -2.37. The van der Waals surface area contributed by atoms with Crippen molar-refractivity contribution < 1.29 is 13.9 Å². The molecule has 1 saturated carbocycles. The molecular formula is C24H29N3O4. The van der Waals surface area contributed by atoms with Gasteiger partial charge in [0.25, 0.3) is 0 Å². The molecular weight excluding hydrogens is 394 g/mol. The molecule has 3 aromatic rings. The Labute approximate surface area is 181 Å². The average Bonchev–Trinajstić information content (AvgIpc) is 3.13. The Morgan fingerprint density at radius 1 is 1.23 bits per heavy atom. The minimum atomic E-state index is -0.556. The molecule has 1 aliphatic carbocycles. The first-order chi connectivity index (χ1) is 15.1. The van der Waals surface area contributed by atoms with Crippen molar-refractivity contribution in [1.82, 2.24) is 14.9 Å². The van der Waals surface area contributed by atoms with Gasteiger partial charge in [-0.05, 0) is 49.1 Å². The first-order valence-electron chi connectivity index (χ1n) is 11.0. The number of pyridine rings is 1. The smallest absolute Gasteiger partial charge is 0.421 e. The lowest BCUT2D eigenvalue weighted by Crippen LogP contribution is -2.50. The van der Waals surface area contributed by atoms with Gasteiger partial charge in [0.1, 0.15) is 5.75 Å². The molecule has 0 aliphatic heterocycles. The summed E-state index contributed by atoms with van der Waals surface area (Å²) in [4.78, 5) is 30.3. The zero-order chi connectivity index (χ0) is 21.8. The van der Waals surface area contributed by atoms with Gasteiger partial charge < -0.3 is 14.5 Å². The second-order valence-corrected chi connectivity index (χ2v) is 8.25. The molecule has 0 saturated heterocycles. The maximum atomic E-state index is 13.7. The molecule has 1 atom stereocenters. The van der Waals surface area contributed by atoms with E-state index in [0.717, 1.165) is 43.4 Å². The zero-order valence-corrected chi connectivity index (χ0v) is 18.1. The summed E-state index contributed by atoms with van der Waals surface area (Å²) in [5, 5.41) is 3.24. The number of rotatable bonds is 7. The largest absolute Gasteiger partial charge is 0.497 e. The Balaban J connectivity index is 1.59. The van der Waals surface area contributed by atoms with Gasteiger partial charge in [-0.25, -0.2) is 9.78 Å². The molecule has 1 N–H and O–H groups in total. The first kappa shape index (κ1) is 21.2. The number of carbonyl (C=O) groups excluding carboxylic acids is 1. The molecule has 4 rings (SSSR count). The summed E-state index contributed by atoms with van der Waals surface area (Å²) in [5.41, 5.74) is 1.42. The number of aromatic nitrogens is 2. The second-order valence-electron chi connectivity index (χ2n) is 8.25. The highest BCUT2D eigenvalue weighted by molar-refractivity contribution is 5.88. The van der Waals surface area contributed by atoms with E-state index in [4.69, 9.17) is 9.15 Å². The predicted octanol–water partition coefficient (Wildman–Crippen LogP) is 3.80. The van der Waals surface area contributed by atoms with Crippen LogP contribution in [0.1, 0.15) is 51.0 Å². The highest BCUT2D eigenvalue weighted by atomic mass is 16.5. The Morgan fingerprint density at radius 3 is 2.65 bits per heavy atom. The van der Waals surface area contributed by atoms with Crippen LogP contribution in [0.2, 0.25) is 0 Å². The van der Waals surface area contributed by atoms with Crippen molar-refractivity contribution in [2.24, 2.45) is 0 Å². The molecule has 31 heavy (non-hydrogen) atoms. The number of hydrogen-bond acceptors (Lipinski definition) is 5. The maximum absolute atomic E-state index is 13.7. The molecule has 0 spiro atoms. The Morgan fingerprint density at radius 2 is 1.97 bits per heavy atom. The third-order valence-electron chi connectivity index (χ3n) is 6.44. The molecule has 0 bridgehead atoms. The Bertz CT molecular complexity index is 1090. The van der Waals surface area contributed by atoms with E-state index in [2.05, 4.69) is 10.3 Å². The monoisotopic (exact) mass is 423 g/mol.